The Bertz CT molecular complexity index is 3060. The number of nitrogens with one attached hydrogen (secondary N) is 9. The van der Waals surface area contributed by atoms with E-state index in [1.54, 1.807) is 70.2 Å². The second-order valence-corrected chi connectivity index (χ2v) is 26.7. The fourth-order valence-electron chi connectivity index (χ4n) is 10.3. The van der Waals surface area contributed by atoms with Gasteiger partial charge in [-0.1, -0.05) is 62.7 Å². The van der Waals surface area contributed by atoms with Gasteiger partial charge in [-0.2, -0.15) is 23.5 Å². The van der Waals surface area contributed by atoms with Gasteiger partial charge in [0.2, 0.25) is 65.0 Å². The van der Waals surface area contributed by atoms with Crippen molar-refractivity contribution < 1.29 is 57.8 Å². The lowest BCUT2D eigenvalue weighted by molar-refractivity contribution is -0.142. The number of guanidine groups is 3. The molecule has 4 rings (SSSR count). The number of phenols is 1. The highest BCUT2D eigenvalue weighted by atomic mass is 32.2. The largest absolute Gasteiger partial charge is 0.508 e. The summed E-state index contributed by atoms with van der Waals surface area (Å²) in [7, 11) is 0. The maximum atomic E-state index is 15.3. The number of carbonyl (C=O) groups is 11. The highest BCUT2D eigenvalue weighted by Gasteiger charge is 2.43. The van der Waals surface area contributed by atoms with Crippen LogP contribution in [0.2, 0.25) is 0 Å². The molecule has 10 atom stereocenters. The van der Waals surface area contributed by atoms with E-state index in [0.29, 0.717) is 24.0 Å². The Labute approximate surface area is 566 Å². The summed E-state index contributed by atoms with van der Waals surface area (Å²) in [6.45, 7) is 5.75. The predicted molar refractivity (Wildman–Crippen MR) is 366 cm³/mol. The number of phenolic OH excluding ortho intramolecular Hbond substituents is 1. The number of nitrogens with two attached hydrogens (primary N) is 8. The highest BCUT2D eigenvalue weighted by Crippen LogP contribution is 2.30. The van der Waals surface area contributed by atoms with Crippen LogP contribution >= 0.6 is 23.5 Å². The van der Waals surface area contributed by atoms with E-state index in [1.165, 1.54) is 40.6 Å². The van der Waals surface area contributed by atoms with Crippen molar-refractivity contribution in [1.82, 2.24) is 52.8 Å². The lowest BCUT2D eigenvalue weighted by atomic mass is 9.96. The van der Waals surface area contributed by atoms with Gasteiger partial charge in [-0.3, -0.25) is 67.7 Å². The molecule has 2 aromatic carbocycles. The lowest BCUT2D eigenvalue weighted by Crippen LogP contribution is -2.63. The van der Waals surface area contributed by atoms with Gasteiger partial charge in [0.15, 0.2) is 17.9 Å². The van der Waals surface area contributed by atoms with Crippen LogP contribution in [0.4, 0.5) is 0 Å². The van der Waals surface area contributed by atoms with Crippen molar-refractivity contribution >= 4 is 106 Å². The summed E-state index contributed by atoms with van der Waals surface area (Å²) in [5.41, 5.74) is 46.9. The van der Waals surface area contributed by atoms with Crippen molar-refractivity contribution in [3.8, 4) is 5.75 Å². The molecule has 0 bridgehead atoms. The number of carbonyl (C=O) groups excluding carboxylic acids is 11. The summed E-state index contributed by atoms with van der Waals surface area (Å²) in [6.07, 6.45) is 1.01. The summed E-state index contributed by atoms with van der Waals surface area (Å²) in [4.78, 5) is 169. The van der Waals surface area contributed by atoms with Gasteiger partial charge < -0.3 is 104 Å². The summed E-state index contributed by atoms with van der Waals surface area (Å²) in [5, 5.41) is 33.7. The normalized spacial score (nSPS) is 21.7. The molecular weight excluding hydrogens is 1280 g/mol. The average Bonchev–Trinajstić information content (AvgIpc) is 1.51. The molecule has 35 heteroatoms. The molecule has 2 aliphatic heterocycles. The number of rotatable bonds is 27. The maximum Gasteiger partial charge on any atom is 0.245 e. The van der Waals surface area contributed by atoms with Gasteiger partial charge in [0, 0.05) is 54.6 Å². The quantitative estimate of drug-likeness (QED) is 0.0226. The second kappa shape index (κ2) is 40.3. The number of nitrogens with zero attached hydrogens (tertiary/aromatic N) is 4. The van der Waals surface area contributed by atoms with E-state index in [2.05, 4.69) is 62.8 Å². The maximum absolute atomic E-state index is 15.3. The van der Waals surface area contributed by atoms with Crippen LogP contribution in [0.3, 0.4) is 0 Å². The van der Waals surface area contributed by atoms with E-state index in [4.69, 9.17) is 45.9 Å². The number of thioether (sulfide) groups is 2. The molecule has 33 nitrogen and oxygen atoms in total. The van der Waals surface area contributed by atoms with E-state index in [1.807, 2.05) is 0 Å². The Morgan fingerprint density at radius 1 is 0.656 bits per heavy atom. The summed E-state index contributed by atoms with van der Waals surface area (Å²) in [5.74, 6) is -9.45. The number of hydrogen-bond donors (Lipinski definition) is 18. The molecule has 0 aliphatic carbocycles. The minimum absolute atomic E-state index is 0.00505. The first kappa shape index (κ1) is 79.3. The van der Waals surface area contributed by atoms with Crippen LogP contribution in [0.5, 0.6) is 5.75 Å². The second-order valence-electron chi connectivity index (χ2n) is 23.8. The van der Waals surface area contributed by atoms with Crippen molar-refractivity contribution in [2.75, 3.05) is 56.5 Å². The van der Waals surface area contributed by atoms with Crippen LogP contribution in [0.1, 0.15) is 96.6 Å². The Morgan fingerprint density at radius 3 is 1.77 bits per heavy atom. The van der Waals surface area contributed by atoms with Crippen molar-refractivity contribution in [2.45, 2.75) is 157 Å². The smallest absolute Gasteiger partial charge is 0.245 e. The van der Waals surface area contributed by atoms with E-state index >= 15 is 4.79 Å². The van der Waals surface area contributed by atoms with Crippen molar-refractivity contribution in [2.24, 2.45) is 66.8 Å². The monoisotopic (exact) mass is 1380 g/mol. The number of primary amides is 1. The van der Waals surface area contributed by atoms with Crippen LogP contribution in [0.15, 0.2) is 69.6 Å². The summed E-state index contributed by atoms with van der Waals surface area (Å²) in [6, 6.07) is 2.81. The first-order valence-electron chi connectivity index (χ1n) is 31.7. The molecule has 2 aromatic rings. The number of benzene rings is 2. The molecule has 2 aliphatic rings. The predicted octanol–water partition coefficient (Wildman–Crippen LogP) is -4.93. The Morgan fingerprint density at radius 2 is 1.20 bits per heavy atom. The molecular formula is C61H97N21O12S2. The molecule has 530 valence electrons. The molecule has 2 saturated heterocycles. The van der Waals surface area contributed by atoms with Crippen LogP contribution in [-0.4, -0.2) is 209 Å². The average molecular weight is 1380 g/mol. The van der Waals surface area contributed by atoms with Gasteiger partial charge >= 0.3 is 0 Å². The molecule has 2 fully saturated rings. The van der Waals surface area contributed by atoms with Crippen LogP contribution in [-0.2, 0) is 65.6 Å². The van der Waals surface area contributed by atoms with E-state index in [0.717, 1.165) is 0 Å². The summed E-state index contributed by atoms with van der Waals surface area (Å²) >= 11 is 2.45. The van der Waals surface area contributed by atoms with E-state index < -0.39 is 143 Å². The number of amides is 11. The zero-order valence-corrected chi connectivity index (χ0v) is 56.4. The number of fused-ring (bicyclic) bond motifs is 1. The molecule has 11 amide bonds. The van der Waals surface area contributed by atoms with Gasteiger partial charge in [-0.15, -0.1) is 0 Å². The van der Waals surface area contributed by atoms with Crippen LogP contribution in [0, 0.1) is 5.92 Å². The number of aromatic hydroxyl groups is 1. The molecule has 0 aromatic heterocycles. The molecule has 2 heterocycles. The third-order valence-corrected chi connectivity index (χ3v) is 18.5. The first-order valence-corrected chi connectivity index (χ1v) is 33.8. The summed E-state index contributed by atoms with van der Waals surface area (Å²) < 4.78 is -1.30. The van der Waals surface area contributed by atoms with Gasteiger partial charge in [0.05, 0.1) is 19.1 Å². The fourth-order valence-corrected chi connectivity index (χ4v) is 12.6. The standard InChI is InChI=1S/C61H97N21O12S2/c1-5-34(2)47-55(92)78-41(17-11-25-72-60(68)69)57(94)82-26-12-18-44(82)54(91)79-43(49(63)86)33-95-27-28-96-61(3,4)48(56(93)77-39(15-9-23-70-58(64)65)51(88)76-40(52(89)80-47)16-10-24-71-59(66)67)81-53(90)42(30-35-13-7-6-8-14-35)75-46(85)32-73-45(84)31-74-50(87)38(62)29-36-19-21-37(83)22-20-36/h6-8,13-14,19-22,34,38-44,47-48,83H,5,9-12,15-18,23-33,62H2,1-4H3,(H2,63,86)(H,73,84)(H,74,87)(H,75,85)(H,76,88)(H,77,93)(H,78,92)(H,79,91)(H,80,89)(H,81,90)(H4,64,65,70)(H4,66,67,71)(H4,68,69,72)/t34-,38-,39-,40-,41-,42-,43-,44-,47-,48+/m0/s1. The Balaban J connectivity index is 1.76. The van der Waals surface area contributed by atoms with Crippen molar-refractivity contribution in [3.63, 3.8) is 0 Å². The fraction of sp³-hybridized carbons (Fsp3) is 0.574. The van der Waals surface area contributed by atoms with Gasteiger partial charge in [0.1, 0.15) is 54.1 Å². The molecule has 0 spiro atoms. The number of hydrogen-bond acceptors (Lipinski definition) is 18. The Kier molecular flexibility index (Phi) is 33.3. The minimum Gasteiger partial charge on any atom is -0.508 e. The Hall–Kier alpha value is -9.12. The molecule has 0 saturated carbocycles. The van der Waals surface area contributed by atoms with Crippen molar-refractivity contribution in [3.05, 3.63) is 65.7 Å². The van der Waals surface area contributed by atoms with E-state index in [9.17, 15) is 53.1 Å². The lowest BCUT2D eigenvalue weighted by Gasteiger charge is -2.35. The first-order chi connectivity index (χ1) is 45.5. The molecule has 26 N–H and O–H groups in total. The van der Waals surface area contributed by atoms with Crippen molar-refractivity contribution in [1.29, 1.82) is 0 Å². The van der Waals surface area contributed by atoms with Crippen LogP contribution in [0.25, 0.3) is 0 Å². The topological polar surface area (TPSA) is 565 Å². The van der Waals surface area contributed by atoms with Gasteiger partial charge in [-0.05, 0) is 101 Å². The van der Waals surface area contributed by atoms with Gasteiger partial charge in [0.25, 0.3) is 0 Å². The molecule has 0 unspecified atom stereocenters. The van der Waals surface area contributed by atoms with Crippen LogP contribution < -0.4 is 93.7 Å². The molecule has 96 heavy (non-hydrogen) atoms. The van der Waals surface area contributed by atoms with Gasteiger partial charge in [-0.25, -0.2) is 0 Å². The third kappa shape index (κ3) is 27.7. The minimum atomic E-state index is -1.54. The third-order valence-electron chi connectivity index (χ3n) is 15.8. The SMILES string of the molecule is CC[C@H](C)[C@@H]1NC(=O)[C@H](CCCN=C(N)N)NC(=O)[C@H](CCCN=C(N)N)NC(=O)[C@@H](NC(=O)[C@H](Cc2ccccc2)NC(=O)CNC(=O)CNC(=O)[C@@H](N)Cc2ccc(O)cc2)C(C)(C)SCCSC[C@@H](C(N)=O)NC(=O)[C@@H]2CCCN2C(=O)[C@H](CCCN=C(N)N)NC1=O. The number of aliphatic imine (C=N–C) groups is 3. The molecule has 0 radical (unpaired) electrons. The highest BCUT2D eigenvalue weighted by molar-refractivity contribution is 8.03. The zero-order chi connectivity index (χ0) is 71.1. The van der Waals surface area contributed by atoms with E-state index in [-0.39, 0.29) is 125 Å². The zero-order valence-electron chi connectivity index (χ0n) is 54.8.